The molecule has 0 aliphatic heterocycles. The highest BCUT2D eigenvalue weighted by atomic mass is 16.1. The van der Waals surface area contributed by atoms with Crippen molar-refractivity contribution in [1.29, 1.82) is 0 Å². The largest absolute Gasteiger partial charge is 0.281 e. The van der Waals surface area contributed by atoms with Crippen LogP contribution in [0.1, 0.15) is 5.56 Å². The molecule has 3 aromatic heterocycles. The molecule has 29 heavy (non-hydrogen) atoms. The third-order valence-corrected chi connectivity index (χ3v) is 5.35. The van der Waals surface area contributed by atoms with E-state index >= 15 is 0 Å². The first-order valence-electron chi connectivity index (χ1n) is 9.50. The number of benzene rings is 3. The Morgan fingerprint density at radius 1 is 0.724 bits per heavy atom. The Hall–Kier alpha value is -3.99. The van der Waals surface area contributed by atoms with Gasteiger partial charge in [0.2, 0.25) is 0 Å². The lowest BCUT2D eigenvalue weighted by Gasteiger charge is -2.08. The standard InChI is InChI=1S/C24H16N4O/c1-15-11-12-20-16(13-15)14-19-22(25-20)27(17-7-3-2-4-8-17)28-23(19)26-21-10-6-5-9-18(21)24(28)29/h2-14H,1H3. The topological polar surface area (TPSA) is 52.2 Å². The Balaban J connectivity index is 1.92. The van der Waals surface area contributed by atoms with Gasteiger partial charge in [-0.25, -0.2) is 14.6 Å². The van der Waals surface area contributed by atoms with E-state index in [1.54, 1.807) is 4.52 Å². The van der Waals surface area contributed by atoms with Crippen LogP contribution in [0.3, 0.4) is 0 Å². The van der Waals surface area contributed by atoms with Crippen molar-refractivity contribution in [1.82, 2.24) is 19.2 Å². The molecule has 0 unspecified atom stereocenters. The third kappa shape index (κ3) is 2.24. The molecule has 3 heterocycles. The average molecular weight is 376 g/mol. The van der Waals surface area contributed by atoms with Crippen molar-refractivity contribution < 1.29 is 0 Å². The molecule has 0 fully saturated rings. The zero-order chi connectivity index (χ0) is 19.5. The maximum absolute atomic E-state index is 13.5. The lowest BCUT2D eigenvalue weighted by atomic mass is 10.1. The van der Waals surface area contributed by atoms with Gasteiger partial charge in [-0.05, 0) is 49.4 Å². The summed E-state index contributed by atoms with van der Waals surface area (Å²) < 4.78 is 3.51. The smallest absolute Gasteiger partial charge is 0.267 e. The fourth-order valence-electron chi connectivity index (χ4n) is 4.00. The van der Waals surface area contributed by atoms with Gasteiger partial charge in [0.05, 0.1) is 27.5 Å². The fraction of sp³-hybridized carbons (Fsp3) is 0.0417. The molecular weight excluding hydrogens is 360 g/mol. The first-order valence-corrected chi connectivity index (χ1v) is 9.50. The van der Waals surface area contributed by atoms with E-state index < -0.39 is 0 Å². The van der Waals surface area contributed by atoms with Gasteiger partial charge in [-0.1, -0.05) is 42.0 Å². The summed E-state index contributed by atoms with van der Waals surface area (Å²) in [7, 11) is 0. The summed E-state index contributed by atoms with van der Waals surface area (Å²) in [6, 6.07) is 25.5. The summed E-state index contributed by atoms with van der Waals surface area (Å²) in [4.78, 5) is 23.2. The van der Waals surface area contributed by atoms with Crippen LogP contribution in [-0.2, 0) is 0 Å². The van der Waals surface area contributed by atoms with E-state index in [2.05, 4.69) is 25.1 Å². The first kappa shape index (κ1) is 16.0. The number of hydrogen-bond donors (Lipinski definition) is 0. The maximum atomic E-state index is 13.5. The number of para-hydroxylation sites is 2. The molecule has 3 aromatic carbocycles. The zero-order valence-electron chi connectivity index (χ0n) is 15.7. The Kier molecular flexibility index (Phi) is 3.18. The van der Waals surface area contributed by atoms with Gasteiger partial charge in [-0.3, -0.25) is 4.79 Å². The molecule has 0 aliphatic rings. The highest BCUT2D eigenvalue weighted by molar-refractivity contribution is 6.00. The number of hydrogen-bond acceptors (Lipinski definition) is 3. The van der Waals surface area contributed by atoms with Crippen LogP contribution < -0.4 is 5.56 Å². The molecule has 6 rings (SSSR count). The van der Waals surface area contributed by atoms with E-state index in [0.29, 0.717) is 22.2 Å². The molecule has 0 spiro atoms. The highest BCUT2D eigenvalue weighted by Gasteiger charge is 2.18. The number of pyridine rings is 1. The number of aryl methyl sites for hydroxylation is 1. The molecule has 0 amide bonds. The van der Waals surface area contributed by atoms with Crippen molar-refractivity contribution in [3.8, 4) is 5.69 Å². The molecule has 0 atom stereocenters. The Bertz CT molecular complexity index is 1630. The summed E-state index contributed by atoms with van der Waals surface area (Å²) in [5.41, 5.74) is 4.84. The predicted octanol–water partition coefficient (Wildman–Crippen LogP) is 4.65. The number of fused-ring (bicyclic) bond motifs is 5. The summed E-state index contributed by atoms with van der Waals surface area (Å²) >= 11 is 0. The lowest BCUT2D eigenvalue weighted by Crippen LogP contribution is -2.20. The molecular formula is C24H16N4O. The van der Waals surface area contributed by atoms with Crippen LogP contribution in [0.25, 0.3) is 44.2 Å². The van der Waals surface area contributed by atoms with E-state index in [9.17, 15) is 4.79 Å². The van der Waals surface area contributed by atoms with Gasteiger partial charge in [0, 0.05) is 5.39 Å². The van der Waals surface area contributed by atoms with Crippen molar-refractivity contribution in [3.05, 3.63) is 94.8 Å². The van der Waals surface area contributed by atoms with Crippen molar-refractivity contribution in [2.75, 3.05) is 0 Å². The van der Waals surface area contributed by atoms with Gasteiger partial charge in [0.1, 0.15) is 0 Å². The van der Waals surface area contributed by atoms with E-state index in [0.717, 1.165) is 22.0 Å². The van der Waals surface area contributed by atoms with Gasteiger partial charge in [0.25, 0.3) is 5.56 Å². The Morgan fingerprint density at radius 2 is 1.48 bits per heavy atom. The molecule has 6 aromatic rings. The molecule has 0 saturated heterocycles. The highest BCUT2D eigenvalue weighted by Crippen LogP contribution is 2.27. The second kappa shape index (κ2) is 5.75. The second-order valence-electron chi connectivity index (χ2n) is 7.27. The molecule has 0 saturated carbocycles. The number of rotatable bonds is 1. The summed E-state index contributed by atoms with van der Waals surface area (Å²) in [6.45, 7) is 2.06. The van der Waals surface area contributed by atoms with Gasteiger partial charge in [-0.2, -0.15) is 4.52 Å². The minimum absolute atomic E-state index is 0.104. The quantitative estimate of drug-likeness (QED) is 0.420. The summed E-state index contributed by atoms with van der Waals surface area (Å²) in [5.74, 6) is 0. The number of nitrogens with zero attached hydrogens (tertiary/aromatic N) is 4. The van der Waals surface area contributed by atoms with E-state index in [-0.39, 0.29) is 5.56 Å². The van der Waals surface area contributed by atoms with Crippen LogP contribution >= 0.6 is 0 Å². The van der Waals surface area contributed by atoms with E-state index in [1.807, 2.05) is 65.3 Å². The SMILES string of the molecule is Cc1ccc2nc3c(cc2c1)c1nc2ccccc2c(=O)n1n3-c1ccccc1. The Labute approximate surface area is 165 Å². The normalized spacial score (nSPS) is 11.8. The lowest BCUT2D eigenvalue weighted by molar-refractivity contribution is 0.788. The van der Waals surface area contributed by atoms with Crippen molar-refractivity contribution in [2.45, 2.75) is 6.92 Å². The molecule has 5 heteroatoms. The van der Waals surface area contributed by atoms with Gasteiger partial charge in [0.15, 0.2) is 11.3 Å². The monoisotopic (exact) mass is 376 g/mol. The minimum Gasteiger partial charge on any atom is -0.267 e. The number of aromatic nitrogens is 4. The van der Waals surface area contributed by atoms with Gasteiger partial charge >= 0.3 is 0 Å². The van der Waals surface area contributed by atoms with E-state index in [1.165, 1.54) is 5.56 Å². The van der Waals surface area contributed by atoms with Crippen molar-refractivity contribution >= 4 is 38.5 Å². The van der Waals surface area contributed by atoms with Gasteiger partial charge < -0.3 is 0 Å². The summed E-state index contributed by atoms with van der Waals surface area (Å²) in [5, 5.41) is 2.48. The van der Waals surface area contributed by atoms with Crippen LogP contribution in [0.2, 0.25) is 0 Å². The molecule has 0 bridgehead atoms. The molecule has 0 N–H and O–H groups in total. The fourth-order valence-corrected chi connectivity index (χ4v) is 4.00. The van der Waals surface area contributed by atoms with Crippen LogP contribution in [0.15, 0.2) is 83.7 Å². The molecule has 0 aliphatic carbocycles. The van der Waals surface area contributed by atoms with Crippen LogP contribution in [0.4, 0.5) is 0 Å². The minimum atomic E-state index is -0.104. The zero-order valence-corrected chi connectivity index (χ0v) is 15.7. The second-order valence-corrected chi connectivity index (χ2v) is 7.27. The average Bonchev–Trinajstić information content (AvgIpc) is 3.06. The van der Waals surface area contributed by atoms with E-state index in [4.69, 9.17) is 9.97 Å². The van der Waals surface area contributed by atoms with Gasteiger partial charge in [-0.15, -0.1) is 0 Å². The maximum Gasteiger partial charge on any atom is 0.281 e. The van der Waals surface area contributed by atoms with Crippen molar-refractivity contribution in [2.24, 2.45) is 0 Å². The first-order chi connectivity index (χ1) is 14.2. The third-order valence-electron chi connectivity index (χ3n) is 5.35. The molecule has 0 radical (unpaired) electrons. The summed E-state index contributed by atoms with van der Waals surface area (Å²) in [6.07, 6.45) is 0. The molecule has 138 valence electrons. The van der Waals surface area contributed by atoms with Crippen LogP contribution in [-0.4, -0.2) is 19.2 Å². The Morgan fingerprint density at radius 3 is 2.34 bits per heavy atom. The van der Waals surface area contributed by atoms with Crippen LogP contribution in [0, 0.1) is 6.92 Å². The van der Waals surface area contributed by atoms with Crippen LogP contribution in [0.5, 0.6) is 0 Å². The molecule has 5 nitrogen and oxygen atoms in total. The predicted molar refractivity (Wildman–Crippen MR) is 116 cm³/mol. The van der Waals surface area contributed by atoms with Crippen molar-refractivity contribution in [3.63, 3.8) is 0 Å².